The molecule has 1 heterocycles. The summed E-state index contributed by atoms with van der Waals surface area (Å²) in [4.78, 5) is 37.2. The van der Waals surface area contributed by atoms with Gasteiger partial charge in [-0.3, -0.25) is 9.59 Å². The number of carboxylic acids is 1. The second-order valence-electron chi connectivity index (χ2n) is 7.62. The second kappa shape index (κ2) is 6.26. The fourth-order valence-electron chi connectivity index (χ4n) is 2.65. The Hall–Kier alpha value is -2.37. The summed E-state index contributed by atoms with van der Waals surface area (Å²) < 4.78 is 0. The van der Waals surface area contributed by atoms with Gasteiger partial charge in [-0.2, -0.15) is 0 Å². The van der Waals surface area contributed by atoms with Crippen molar-refractivity contribution < 1.29 is 19.5 Å². The quantitative estimate of drug-likeness (QED) is 0.832. The number of likely N-dealkylation sites (tertiary alicyclic amines) is 1. The lowest BCUT2D eigenvalue weighted by atomic mass is 9.86. The lowest BCUT2D eigenvalue weighted by Gasteiger charge is -2.21. The standard InChI is InChI=1S/C18H24N2O4/c1-17(2,3)14(21)12-5-7-13(8-6-12)19-16(24)20-10-9-18(4,11-20)15(22)23/h5-8H,9-11H2,1-4H3,(H,19,24)(H,22,23). The Kier molecular flexibility index (Phi) is 4.69. The molecule has 1 fully saturated rings. The SMILES string of the molecule is CC(C)(C)C(=O)c1ccc(NC(=O)N2CCC(C)(C(=O)O)C2)cc1. The number of ketones is 1. The first kappa shape index (κ1) is 18.0. The van der Waals surface area contributed by atoms with Crippen LogP contribution < -0.4 is 5.32 Å². The number of hydrogen-bond donors (Lipinski definition) is 2. The number of rotatable bonds is 3. The molecule has 1 aliphatic rings. The largest absolute Gasteiger partial charge is 0.481 e. The van der Waals surface area contributed by atoms with Gasteiger partial charge in [-0.25, -0.2) is 4.79 Å². The van der Waals surface area contributed by atoms with E-state index in [0.29, 0.717) is 24.2 Å². The number of nitrogens with one attached hydrogen (secondary N) is 1. The smallest absolute Gasteiger partial charge is 0.321 e. The van der Waals surface area contributed by atoms with Crippen LogP contribution in [0.5, 0.6) is 0 Å². The van der Waals surface area contributed by atoms with Crippen molar-refractivity contribution in [1.82, 2.24) is 4.90 Å². The van der Waals surface area contributed by atoms with Gasteiger partial charge in [0.1, 0.15) is 0 Å². The molecule has 1 unspecified atom stereocenters. The summed E-state index contributed by atoms with van der Waals surface area (Å²) >= 11 is 0. The summed E-state index contributed by atoms with van der Waals surface area (Å²) in [6.07, 6.45) is 0.439. The summed E-state index contributed by atoms with van der Waals surface area (Å²) in [6.45, 7) is 7.83. The van der Waals surface area contributed by atoms with Crippen LogP contribution in [0.25, 0.3) is 0 Å². The topological polar surface area (TPSA) is 86.7 Å². The third-order valence-corrected chi connectivity index (χ3v) is 4.36. The molecule has 0 bridgehead atoms. The number of hydrogen-bond acceptors (Lipinski definition) is 3. The van der Waals surface area contributed by atoms with E-state index in [1.807, 2.05) is 20.8 Å². The average molecular weight is 332 g/mol. The average Bonchev–Trinajstić information content (AvgIpc) is 2.90. The molecule has 1 aromatic rings. The zero-order valence-corrected chi connectivity index (χ0v) is 14.5. The van der Waals surface area contributed by atoms with E-state index in [1.54, 1.807) is 31.2 Å². The molecule has 2 N–H and O–H groups in total. The normalized spacial score (nSPS) is 20.8. The third-order valence-electron chi connectivity index (χ3n) is 4.36. The first-order chi connectivity index (χ1) is 11.0. The highest BCUT2D eigenvalue weighted by Crippen LogP contribution is 2.30. The number of nitrogens with zero attached hydrogens (tertiary/aromatic N) is 1. The minimum Gasteiger partial charge on any atom is -0.481 e. The maximum Gasteiger partial charge on any atom is 0.321 e. The number of carbonyl (C=O) groups is 3. The molecular weight excluding hydrogens is 308 g/mol. The van der Waals surface area contributed by atoms with Gasteiger partial charge in [0, 0.05) is 29.8 Å². The molecule has 24 heavy (non-hydrogen) atoms. The minimum atomic E-state index is -0.889. The zero-order valence-electron chi connectivity index (χ0n) is 14.5. The summed E-state index contributed by atoms with van der Waals surface area (Å²) in [7, 11) is 0. The molecular formula is C18H24N2O4. The van der Waals surface area contributed by atoms with Crippen LogP contribution in [0.3, 0.4) is 0 Å². The van der Waals surface area contributed by atoms with Gasteiger partial charge in [0.25, 0.3) is 0 Å². The number of aliphatic carboxylic acids is 1. The molecule has 1 saturated heterocycles. The molecule has 0 aromatic heterocycles. The molecule has 130 valence electrons. The first-order valence-electron chi connectivity index (χ1n) is 7.97. The van der Waals surface area contributed by atoms with E-state index >= 15 is 0 Å². The summed E-state index contributed by atoms with van der Waals surface area (Å²) in [6, 6.07) is 6.42. The van der Waals surface area contributed by atoms with Crippen LogP contribution in [0, 0.1) is 10.8 Å². The van der Waals surface area contributed by atoms with Crippen molar-refractivity contribution in [1.29, 1.82) is 0 Å². The molecule has 2 rings (SSSR count). The van der Waals surface area contributed by atoms with Crippen LogP contribution in [0.4, 0.5) is 10.5 Å². The van der Waals surface area contributed by atoms with Crippen molar-refractivity contribution in [2.24, 2.45) is 10.8 Å². The molecule has 0 saturated carbocycles. The molecule has 0 aliphatic carbocycles. The number of carbonyl (C=O) groups excluding carboxylic acids is 2. The van der Waals surface area contributed by atoms with Gasteiger partial charge in [-0.05, 0) is 37.6 Å². The fraction of sp³-hybridized carbons (Fsp3) is 0.500. The number of carboxylic acid groups (broad SMARTS) is 1. The molecule has 1 atom stereocenters. The number of urea groups is 1. The van der Waals surface area contributed by atoms with Crippen LogP contribution >= 0.6 is 0 Å². The van der Waals surface area contributed by atoms with Crippen molar-refractivity contribution in [3.63, 3.8) is 0 Å². The van der Waals surface area contributed by atoms with Gasteiger partial charge >= 0.3 is 12.0 Å². The Balaban J connectivity index is 2.01. The zero-order chi connectivity index (χ0) is 18.1. The Morgan fingerprint density at radius 3 is 2.21 bits per heavy atom. The van der Waals surface area contributed by atoms with Crippen LogP contribution in [-0.2, 0) is 4.79 Å². The van der Waals surface area contributed by atoms with Crippen molar-refractivity contribution in [3.05, 3.63) is 29.8 Å². The number of Topliss-reactive ketones (excluding diaryl/α,β-unsaturated/α-hetero) is 1. The first-order valence-corrected chi connectivity index (χ1v) is 7.97. The van der Waals surface area contributed by atoms with E-state index in [4.69, 9.17) is 0 Å². The van der Waals surface area contributed by atoms with Crippen LogP contribution in [0.2, 0.25) is 0 Å². The molecule has 6 nitrogen and oxygen atoms in total. The minimum absolute atomic E-state index is 0.0390. The highest BCUT2D eigenvalue weighted by Gasteiger charge is 2.42. The number of anilines is 1. The Morgan fingerprint density at radius 2 is 1.75 bits per heavy atom. The fourth-order valence-corrected chi connectivity index (χ4v) is 2.65. The summed E-state index contributed by atoms with van der Waals surface area (Å²) in [5, 5.41) is 12.0. The Bertz CT molecular complexity index is 661. The van der Waals surface area contributed by atoms with E-state index in [-0.39, 0.29) is 18.4 Å². The van der Waals surface area contributed by atoms with Crippen molar-refractivity contribution >= 4 is 23.5 Å². The number of benzene rings is 1. The molecule has 1 aliphatic heterocycles. The van der Waals surface area contributed by atoms with Gasteiger partial charge in [-0.15, -0.1) is 0 Å². The maximum atomic E-state index is 12.3. The second-order valence-corrected chi connectivity index (χ2v) is 7.62. The summed E-state index contributed by atoms with van der Waals surface area (Å²) in [5.41, 5.74) is -0.170. The molecule has 2 amide bonds. The van der Waals surface area contributed by atoms with E-state index in [9.17, 15) is 19.5 Å². The van der Waals surface area contributed by atoms with E-state index in [2.05, 4.69) is 5.32 Å². The van der Waals surface area contributed by atoms with Gasteiger partial charge in [0.2, 0.25) is 0 Å². The predicted octanol–water partition coefficient (Wildman–Crippen LogP) is 3.24. The van der Waals surface area contributed by atoms with E-state index in [1.165, 1.54) is 4.90 Å². The highest BCUT2D eigenvalue weighted by atomic mass is 16.4. The molecule has 0 radical (unpaired) electrons. The summed E-state index contributed by atoms with van der Waals surface area (Å²) in [5.74, 6) is -0.847. The Morgan fingerprint density at radius 1 is 1.17 bits per heavy atom. The lowest BCUT2D eigenvalue weighted by molar-refractivity contribution is -0.146. The van der Waals surface area contributed by atoms with Gasteiger partial charge in [0.05, 0.1) is 5.41 Å². The predicted molar refractivity (Wildman–Crippen MR) is 91.2 cm³/mol. The van der Waals surface area contributed by atoms with Crippen LogP contribution in [0.1, 0.15) is 44.5 Å². The van der Waals surface area contributed by atoms with Gasteiger partial charge < -0.3 is 15.3 Å². The lowest BCUT2D eigenvalue weighted by Crippen LogP contribution is -2.37. The van der Waals surface area contributed by atoms with Crippen molar-refractivity contribution in [3.8, 4) is 0 Å². The van der Waals surface area contributed by atoms with Gasteiger partial charge in [-0.1, -0.05) is 20.8 Å². The maximum absolute atomic E-state index is 12.3. The highest BCUT2D eigenvalue weighted by molar-refractivity contribution is 6.00. The van der Waals surface area contributed by atoms with Crippen molar-refractivity contribution in [2.75, 3.05) is 18.4 Å². The number of amides is 2. The van der Waals surface area contributed by atoms with Crippen LogP contribution in [0.15, 0.2) is 24.3 Å². The van der Waals surface area contributed by atoms with E-state index in [0.717, 1.165) is 0 Å². The van der Waals surface area contributed by atoms with E-state index < -0.39 is 16.8 Å². The van der Waals surface area contributed by atoms with Crippen LogP contribution in [-0.4, -0.2) is 40.9 Å². The molecule has 6 heteroatoms. The monoisotopic (exact) mass is 332 g/mol. The van der Waals surface area contributed by atoms with Gasteiger partial charge in [0.15, 0.2) is 5.78 Å². The third kappa shape index (κ3) is 3.75. The molecule has 0 spiro atoms. The Labute approximate surface area is 141 Å². The van der Waals surface area contributed by atoms with Crippen molar-refractivity contribution in [2.45, 2.75) is 34.1 Å². The molecule has 1 aromatic carbocycles.